The number of ether oxygens (including phenoxy) is 1. The smallest absolute Gasteiger partial charge is 0.0604 e. The summed E-state index contributed by atoms with van der Waals surface area (Å²) in [6.45, 7) is 5.15. The van der Waals surface area contributed by atoms with Crippen molar-refractivity contribution >= 4 is 0 Å². The van der Waals surface area contributed by atoms with E-state index in [1.165, 1.54) is 6.42 Å². The molecule has 1 saturated carbocycles. The van der Waals surface area contributed by atoms with E-state index in [1.807, 2.05) is 6.92 Å². The third-order valence-corrected chi connectivity index (χ3v) is 1.42. The van der Waals surface area contributed by atoms with Crippen molar-refractivity contribution in [2.45, 2.75) is 26.4 Å². The van der Waals surface area contributed by atoms with Gasteiger partial charge >= 0.3 is 0 Å². The van der Waals surface area contributed by atoms with E-state index < -0.39 is 0 Å². The zero-order valence-electron chi connectivity index (χ0n) is 4.98. The predicted molar refractivity (Wildman–Crippen MR) is 29.2 cm³/mol. The Morgan fingerprint density at radius 3 is 2.43 bits per heavy atom. The number of hydrogen-bond acceptors (Lipinski definition) is 1. The normalized spacial score (nSPS) is 38.6. The maximum atomic E-state index is 5.27. The maximum absolute atomic E-state index is 5.27. The van der Waals surface area contributed by atoms with Gasteiger partial charge < -0.3 is 4.74 Å². The van der Waals surface area contributed by atoms with E-state index in [-0.39, 0.29) is 0 Å². The Bertz CT molecular complexity index is 61.2. The quantitative estimate of drug-likeness (QED) is 0.510. The second-order valence-electron chi connectivity index (χ2n) is 2.21. The van der Waals surface area contributed by atoms with E-state index in [1.54, 1.807) is 0 Å². The van der Waals surface area contributed by atoms with Gasteiger partial charge in [0, 0.05) is 6.61 Å². The molecule has 2 unspecified atom stereocenters. The first-order chi connectivity index (χ1) is 3.34. The van der Waals surface area contributed by atoms with Crippen LogP contribution < -0.4 is 0 Å². The van der Waals surface area contributed by atoms with Gasteiger partial charge in [0.2, 0.25) is 0 Å². The van der Waals surface area contributed by atoms with E-state index in [9.17, 15) is 0 Å². The average molecular weight is 100 g/mol. The third kappa shape index (κ3) is 1.16. The van der Waals surface area contributed by atoms with Crippen LogP contribution in [0.2, 0.25) is 0 Å². The Kier molecular flexibility index (Phi) is 1.33. The van der Waals surface area contributed by atoms with Crippen LogP contribution in [-0.2, 0) is 4.74 Å². The second-order valence-corrected chi connectivity index (χ2v) is 2.21. The van der Waals surface area contributed by atoms with Crippen LogP contribution in [0.4, 0.5) is 0 Å². The van der Waals surface area contributed by atoms with E-state index in [0.717, 1.165) is 12.5 Å². The molecule has 7 heavy (non-hydrogen) atoms. The third-order valence-electron chi connectivity index (χ3n) is 1.42. The lowest BCUT2D eigenvalue weighted by Gasteiger charge is -1.92. The monoisotopic (exact) mass is 100 g/mol. The highest BCUT2D eigenvalue weighted by molar-refractivity contribution is 4.82. The van der Waals surface area contributed by atoms with Crippen LogP contribution in [0, 0.1) is 5.92 Å². The van der Waals surface area contributed by atoms with Gasteiger partial charge in [0.25, 0.3) is 0 Å². The molecule has 1 fully saturated rings. The molecule has 0 radical (unpaired) electrons. The predicted octanol–water partition coefficient (Wildman–Crippen LogP) is 1.43. The summed E-state index contributed by atoms with van der Waals surface area (Å²) in [5, 5.41) is 0. The summed E-state index contributed by atoms with van der Waals surface area (Å²) in [7, 11) is 0. The minimum atomic E-state index is 0.616. The molecular weight excluding hydrogens is 88.1 g/mol. The first-order valence-corrected chi connectivity index (χ1v) is 2.96. The molecule has 0 aromatic rings. The molecule has 0 aromatic carbocycles. The molecule has 1 heteroatoms. The zero-order valence-corrected chi connectivity index (χ0v) is 4.98. The highest BCUT2D eigenvalue weighted by atomic mass is 16.5. The van der Waals surface area contributed by atoms with Gasteiger partial charge in [-0.05, 0) is 19.3 Å². The fraction of sp³-hybridized carbons (Fsp3) is 1.00. The summed E-state index contributed by atoms with van der Waals surface area (Å²) in [6, 6.07) is 0. The standard InChI is InChI=1S/C6H12O/c1-3-7-6-4-5(6)2/h5-6H,3-4H2,1-2H3. The minimum Gasteiger partial charge on any atom is -0.378 e. The lowest BCUT2D eigenvalue weighted by Crippen LogP contribution is -1.92. The molecule has 1 rings (SSSR count). The molecule has 0 N–H and O–H groups in total. The highest BCUT2D eigenvalue weighted by Crippen LogP contribution is 2.32. The van der Waals surface area contributed by atoms with Crippen molar-refractivity contribution in [1.82, 2.24) is 0 Å². The summed E-state index contributed by atoms with van der Waals surface area (Å²) in [5.74, 6) is 0.847. The van der Waals surface area contributed by atoms with Crippen LogP contribution in [0.25, 0.3) is 0 Å². The average Bonchev–Trinajstić information content (AvgIpc) is 2.22. The molecule has 2 atom stereocenters. The second kappa shape index (κ2) is 1.83. The van der Waals surface area contributed by atoms with Gasteiger partial charge in [-0.2, -0.15) is 0 Å². The zero-order chi connectivity index (χ0) is 5.28. The molecule has 0 amide bonds. The topological polar surface area (TPSA) is 9.23 Å². The largest absolute Gasteiger partial charge is 0.378 e. The first kappa shape index (κ1) is 5.10. The lowest BCUT2D eigenvalue weighted by atomic mass is 10.5. The fourth-order valence-corrected chi connectivity index (χ4v) is 0.734. The molecule has 0 aliphatic heterocycles. The molecular formula is C6H12O. The molecule has 0 heterocycles. The van der Waals surface area contributed by atoms with Gasteiger partial charge in [0.1, 0.15) is 0 Å². The van der Waals surface area contributed by atoms with Crippen molar-refractivity contribution in [3.05, 3.63) is 0 Å². The Morgan fingerprint density at radius 2 is 2.29 bits per heavy atom. The Labute approximate surface area is 44.7 Å². The highest BCUT2D eigenvalue weighted by Gasteiger charge is 2.32. The molecule has 0 spiro atoms. The van der Waals surface area contributed by atoms with Gasteiger partial charge in [-0.1, -0.05) is 6.92 Å². The lowest BCUT2D eigenvalue weighted by molar-refractivity contribution is 0.123. The van der Waals surface area contributed by atoms with Crippen molar-refractivity contribution in [1.29, 1.82) is 0 Å². The van der Waals surface area contributed by atoms with Crippen molar-refractivity contribution in [2.75, 3.05) is 6.61 Å². The van der Waals surface area contributed by atoms with E-state index in [4.69, 9.17) is 4.74 Å². The Morgan fingerprint density at radius 1 is 1.71 bits per heavy atom. The van der Waals surface area contributed by atoms with Crippen LogP contribution in [0.15, 0.2) is 0 Å². The minimum absolute atomic E-state index is 0.616. The van der Waals surface area contributed by atoms with Gasteiger partial charge in [0.15, 0.2) is 0 Å². The van der Waals surface area contributed by atoms with Crippen LogP contribution >= 0.6 is 0 Å². The van der Waals surface area contributed by atoms with Crippen molar-refractivity contribution < 1.29 is 4.74 Å². The van der Waals surface area contributed by atoms with E-state index >= 15 is 0 Å². The molecule has 42 valence electrons. The first-order valence-electron chi connectivity index (χ1n) is 2.96. The summed E-state index contributed by atoms with van der Waals surface area (Å²) in [6.07, 6.45) is 1.90. The molecule has 0 saturated heterocycles. The van der Waals surface area contributed by atoms with Gasteiger partial charge in [-0.25, -0.2) is 0 Å². The van der Waals surface area contributed by atoms with Crippen LogP contribution in [0.1, 0.15) is 20.3 Å². The summed E-state index contributed by atoms with van der Waals surface area (Å²) in [5.41, 5.74) is 0. The number of hydrogen-bond donors (Lipinski definition) is 0. The fourth-order valence-electron chi connectivity index (χ4n) is 0.734. The Balaban J connectivity index is 1.98. The molecule has 1 aliphatic carbocycles. The van der Waals surface area contributed by atoms with Crippen LogP contribution in [0.3, 0.4) is 0 Å². The summed E-state index contributed by atoms with van der Waals surface area (Å²) in [4.78, 5) is 0. The van der Waals surface area contributed by atoms with Gasteiger partial charge in [0.05, 0.1) is 6.10 Å². The molecule has 1 nitrogen and oxygen atoms in total. The van der Waals surface area contributed by atoms with Crippen molar-refractivity contribution in [3.8, 4) is 0 Å². The number of rotatable bonds is 2. The molecule has 0 bridgehead atoms. The maximum Gasteiger partial charge on any atom is 0.0604 e. The van der Waals surface area contributed by atoms with Crippen LogP contribution in [0.5, 0.6) is 0 Å². The van der Waals surface area contributed by atoms with Gasteiger partial charge in [-0.15, -0.1) is 0 Å². The summed E-state index contributed by atoms with van der Waals surface area (Å²) >= 11 is 0. The van der Waals surface area contributed by atoms with E-state index in [0.29, 0.717) is 6.10 Å². The van der Waals surface area contributed by atoms with Crippen LogP contribution in [-0.4, -0.2) is 12.7 Å². The van der Waals surface area contributed by atoms with Crippen molar-refractivity contribution in [3.63, 3.8) is 0 Å². The van der Waals surface area contributed by atoms with E-state index in [2.05, 4.69) is 6.92 Å². The molecule has 0 aromatic heterocycles. The summed E-state index contributed by atoms with van der Waals surface area (Å²) < 4.78 is 5.27. The SMILES string of the molecule is CCOC1CC1C. The van der Waals surface area contributed by atoms with Gasteiger partial charge in [-0.3, -0.25) is 0 Å². The Hall–Kier alpha value is -0.0400. The van der Waals surface area contributed by atoms with Crippen molar-refractivity contribution in [2.24, 2.45) is 5.92 Å². The molecule has 1 aliphatic rings.